The van der Waals surface area contributed by atoms with E-state index in [4.69, 9.17) is 4.74 Å². The van der Waals surface area contributed by atoms with Crippen LogP contribution in [0.25, 0.3) is 10.9 Å². The van der Waals surface area contributed by atoms with Gasteiger partial charge in [-0.15, -0.1) is 0 Å². The maximum absolute atomic E-state index is 12.5. The number of aromatic amines is 1. The van der Waals surface area contributed by atoms with Gasteiger partial charge in [0.05, 0.1) is 29.2 Å². The van der Waals surface area contributed by atoms with Crippen molar-refractivity contribution in [2.45, 2.75) is 50.2 Å². The molecule has 2 N–H and O–H groups in total. The molecule has 1 aliphatic heterocycles. The zero-order valence-electron chi connectivity index (χ0n) is 13.5. The number of aromatic nitrogens is 2. The van der Waals surface area contributed by atoms with Crippen LogP contribution in [0.1, 0.15) is 49.1 Å². The summed E-state index contributed by atoms with van der Waals surface area (Å²) >= 11 is 0. The second kappa shape index (κ2) is 6.02. The van der Waals surface area contributed by atoms with E-state index in [9.17, 15) is 9.59 Å². The Labute approximate surface area is 139 Å². The van der Waals surface area contributed by atoms with Crippen LogP contribution in [0.5, 0.6) is 0 Å². The average Bonchev–Trinajstić information content (AvgIpc) is 2.97. The number of nitrogens with one attached hydrogen (secondary N) is 2. The molecule has 6 heteroatoms. The molecule has 0 bridgehead atoms. The minimum absolute atomic E-state index is 0.0210. The number of para-hydroxylation sites is 1. The van der Waals surface area contributed by atoms with Crippen LogP contribution >= 0.6 is 0 Å². The predicted molar refractivity (Wildman–Crippen MR) is 90.0 cm³/mol. The molecule has 2 fully saturated rings. The Bertz CT molecular complexity index is 824. The maximum atomic E-state index is 12.5. The van der Waals surface area contributed by atoms with Crippen LogP contribution < -0.4 is 10.9 Å². The minimum atomic E-state index is -0.348. The third kappa shape index (κ3) is 2.82. The molecule has 4 rings (SSSR count). The summed E-state index contributed by atoms with van der Waals surface area (Å²) in [6, 6.07) is 6.98. The molecule has 1 aliphatic carbocycles. The summed E-state index contributed by atoms with van der Waals surface area (Å²) in [6.45, 7) is 0.531. The van der Waals surface area contributed by atoms with Crippen LogP contribution in [-0.4, -0.2) is 34.1 Å². The zero-order chi connectivity index (χ0) is 16.6. The largest absolute Gasteiger partial charge is 0.373 e. The lowest BCUT2D eigenvalue weighted by Gasteiger charge is -2.32. The van der Waals surface area contributed by atoms with Crippen LogP contribution in [0, 0.1) is 0 Å². The van der Waals surface area contributed by atoms with Gasteiger partial charge in [0.2, 0.25) is 0 Å². The Morgan fingerprint density at radius 3 is 2.88 bits per heavy atom. The van der Waals surface area contributed by atoms with Crippen molar-refractivity contribution in [3.63, 3.8) is 0 Å². The highest BCUT2D eigenvalue weighted by atomic mass is 16.5. The molecule has 1 spiro atoms. The summed E-state index contributed by atoms with van der Waals surface area (Å²) in [4.78, 5) is 31.4. The first-order valence-electron chi connectivity index (χ1n) is 8.59. The van der Waals surface area contributed by atoms with E-state index in [2.05, 4.69) is 15.3 Å². The van der Waals surface area contributed by atoms with Crippen LogP contribution in [0.2, 0.25) is 0 Å². The molecule has 2 heterocycles. The Morgan fingerprint density at radius 1 is 1.25 bits per heavy atom. The Hall–Kier alpha value is -2.21. The summed E-state index contributed by atoms with van der Waals surface area (Å²) in [7, 11) is 0. The van der Waals surface area contributed by atoms with E-state index in [-0.39, 0.29) is 28.9 Å². The van der Waals surface area contributed by atoms with E-state index in [0.717, 1.165) is 19.3 Å². The fourth-order valence-corrected chi connectivity index (χ4v) is 3.93. The van der Waals surface area contributed by atoms with Gasteiger partial charge in [0, 0.05) is 0 Å². The molecule has 0 radical (unpaired) electrons. The number of carbonyl (C=O) groups is 1. The minimum Gasteiger partial charge on any atom is -0.373 e. The van der Waals surface area contributed by atoms with E-state index in [1.54, 1.807) is 24.3 Å². The first-order valence-corrected chi connectivity index (χ1v) is 8.59. The van der Waals surface area contributed by atoms with Crippen LogP contribution in [0.3, 0.4) is 0 Å². The van der Waals surface area contributed by atoms with Crippen molar-refractivity contribution >= 4 is 16.8 Å². The van der Waals surface area contributed by atoms with Crippen molar-refractivity contribution < 1.29 is 9.53 Å². The molecular weight excluding hydrogens is 306 g/mol. The van der Waals surface area contributed by atoms with Crippen LogP contribution in [0.15, 0.2) is 29.1 Å². The van der Waals surface area contributed by atoms with Gasteiger partial charge in [-0.05, 0) is 31.4 Å². The molecular formula is C18H21N3O3. The monoisotopic (exact) mass is 327 g/mol. The lowest BCUT2D eigenvalue weighted by atomic mass is 9.82. The third-order valence-corrected chi connectivity index (χ3v) is 5.14. The third-order valence-electron chi connectivity index (χ3n) is 5.14. The molecule has 1 atom stereocenters. The summed E-state index contributed by atoms with van der Waals surface area (Å²) in [5.74, 6) is -0.289. The molecule has 1 aromatic carbocycles. The van der Waals surface area contributed by atoms with Crippen molar-refractivity contribution in [3.8, 4) is 0 Å². The number of ether oxygens (including phenoxy) is 1. The molecule has 126 valence electrons. The number of hydrogen-bond donors (Lipinski definition) is 2. The lowest BCUT2D eigenvalue weighted by molar-refractivity contribution is -0.0246. The Morgan fingerprint density at radius 2 is 2.04 bits per heavy atom. The number of fused-ring (bicyclic) bond motifs is 1. The van der Waals surface area contributed by atoms with Crippen molar-refractivity contribution in [2.24, 2.45) is 0 Å². The van der Waals surface area contributed by atoms with Gasteiger partial charge in [-0.1, -0.05) is 31.4 Å². The Balaban J connectivity index is 1.50. The fraction of sp³-hybridized carbons (Fsp3) is 0.500. The smallest absolute Gasteiger partial charge is 0.287 e. The normalized spacial score (nSPS) is 22.8. The second-order valence-corrected chi connectivity index (χ2v) is 6.86. The Kier molecular flexibility index (Phi) is 3.84. The van der Waals surface area contributed by atoms with E-state index in [1.807, 2.05) is 0 Å². The standard InChI is InChI=1S/C18H21N3O3/c22-16-13-6-2-3-7-14(13)20-15(21-16)17(23)19-12-10-18(24-11-12)8-4-1-5-9-18/h2-3,6-7,12H,1,4-5,8-11H2,(H,19,23)(H,20,21,22)/t12-/m1/s1. The molecule has 1 aromatic heterocycles. The van der Waals surface area contributed by atoms with E-state index in [0.29, 0.717) is 17.5 Å². The average molecular weight is 327 g/mol. The molecule has 6 nitrogen and oxygen atoms in total. The van der Waals surface area contributed by atoms with Crippen molar-refractivity contribution in [2.75, 3.05) is 6.61 Å². The van der Waals surface area contributed by atoms with Gasteiger partial charge in [0.25, 0.3) is 11.5 Å². The maximum Gasteiger partial charge on any atom is 0.287 e. The number of carbonyl (C=O) groups excluding carboxylic acids is 1. The van der Waals surface area contributed by atoms with Gasteiger partial charge in [0.15, 0.2) is 5.82 Å². The highest BCUT2D eigenvalue weighted by molar-refractivity contribution is 5.92. The molecule has 24 heavy (non-hydrogen) atoms. The highest BCUT2D eigenvalue weighted by Crippen LogP contribution is 2.39. The molecule has 2 aliphatic rings. The molecule has 1 saturated heterocycles. The molecule has 1 amide bonds. The van der Waals surface area contributed by atoms with Gasteiger partial charge in [-0.2, -0.15) is 0 Å². The number of hydrogen-bond acceptors (Lipinski definition) is 4. The van der Waals surface area contributed by atoms with Gasteiger partial charge in [-0.3, -0.25) is 9.59 Å². The van der Waals surface area contributed by atoms with Gasteiger partial charge in [-0.25, -0.2) is 4.98 Å². The number of benzene rings is 1. The van der Waals surface area contributed by atoms with Gasteiger partial charge < -0.3 is 15.0 Å². The summed E-state index contributed by atoms with van der Waals surface area (Å²) < 4.78 is 6.02. The van der Waals surface area contributed by atoms with Crippen molar-refractivity contribution in [1.82, 2.24) is 15.3 Å². The lowest BCUT2D eigenvalue weighted by Crippen LogP contribution is -2.38. The predicted octanol–water partition coefficient (Wildman–Crippen LogP) is 2.14. The SMILES string of the molecule is O=C(N[C@H]1COC2(CCCCC2)C1)c1nc2ccccc2c(=O)[nH]1. The number of rotatable bonds is 2. The van der Waals surface area contributed by atoms with Gasteiger partial charge >= 0.3 is 0 Å². The second-order valence-electron chi connectivity index (χ2n) is 6.86. The van der Waals surface area contributed by atoms with Gasteiger partial charge in [0.1, 0.15) is 0 Å². The summed E-state index contributed by atoms with van der Waals surface area (Å²) in [5.41, 5.74) is 0.176. The first-order chi connectivity index (χ1) is 11.7. The quantitative estimate of drug-likeness (QED) is 0.885. The zero-order valence-corrected chi connectivity index (χ0v) is 13.5. The summed E-state index contributed by atoms with van der Waals surface area (Å²) in [6.07, 6.45) is 6.65. The van der Waals surface area contributed by atoms with Crippen molar-refractivity contribution in [3.05, 3.63) is 40.4 Å². The van der Waals surface area contributed by atoms with E-state index >= 15 is 0 Å². The number of H-pyrrole nitrogens is 1. The van der Waals surface area contributed by atoms with Crippen molar-refractivity contribution in [1.29, 1.82) is 0 Å². The molecule has 0 unspecified atom stereocenters. The number of amides is 1. The highest BCUT2D eigenvalue weighted by Gasteiger charge is 2.41. The fourth-order valence-electron chi connectivity index (χ4n) is 3.93. The number of nitrogens with zero attached hydrogens (tertiary/aromatic N) is 1. The molecule has 1 saturated carbocycles. The van der Waals surface area contributed by atoms with Crippen LogP contribution in [-0.2, 0) is 4.74 Å². The topological polar surface area (TPSA) is 84.1 Å². The van der Waals surface area contributed by atoms with E-state index in [1.165, 1.54) is 19.3 Å². The first kappa shape index (κ1) is 15.3. The van der Waals surface area contributed by atoms with E-state index < -0.39 is 0 Å². The van der Waals surface area contributed by atoms with Crippen LogP contribution in [0.4, 0.5) is 0 Å². The molecule has 2 aromatic rings. The summed E-state index contributed by atoms with van der Waals surface area (Å²) in [5, 5.41) is 3.45.